The molecule has 0 N–H and O–H groups in total. The molecule has 1 aromatic rings. The molecule has 0 aliphatic rings. The van der Waals surface area contributed by atoms with Crippen LogP contribution in [0.3, 0.4) is 0 Å². The second kappa shape index (κ2) is 4.77. The lowest BCUT2D eigenvalue weighted by molar-refractivity contribution is 0.126. The van der Waals surface area contributed by atoms with Gasteiger partial charge in [0.05, 0.1) is 23.0 Å². The Morgan fingerprint density at radius 1 is 1.62 bits per heavy atom. The highest BCUT2D eigenvalue weighted by Crippen LogP contribution is 2.20. The van der Waals surface area contributed by atoms with Crippen LogP contribution in [-0.4, -0.2) is 16.4 Å². The smallest absolute Gasteiger partial charge is 0.0896 e. The molecule has 1 rings (SSSR count). The van der Waals surface area contributed by atoms with E-state index in [9.17, 15) is 0 Å². The van der Waals surface area contributed by atoms with Gasteiger partial charge in [-0.15, -0.1) is 0 Å². The summed E-state index contributed by atoms with van der Waals surface area (Å²) in [4.78, 5) is 0. The minimum atomic E-state index is 0.377. The zero-order valence-electron chi connectivity index (χ0n) is 8.25. The minimum Gasteiger partial charge on any atom is -0.375 e. The number of nitrogens with zero attached hydrogens (tertiary/aromatic N) is 2. The van der Waals surface area contributed by atoms with Gasteiger partial charge in [-0.3, -0.25) is 4.68 Å². The van der Waals surface area contributed by atoms with Gasteiger partial charge in [0.25, 0.3) is 0 Å². The first-order valence-electron chi connectivity index (χ1n) is 4.46. The molecule has 0 aliphatic carbocycles. The predicted molar refractivity (Wildman–Crippen MR) is 55.6 cm³/mol. The average Bonchev–Trinajstić information content (AvgIpc) is 2.43. The third kappa shape index (κ3) is 2.54. The monoisotopic (exact) mass is 246 g/mol. The first-order valence-corrected chi connectivity index (χ1v) is 5.25. The molecule has 0 saturated heterocycles. The van der Waals surface area contributed by atoms with Gasteiger partial charge in [0.2, 0.25) is 0 Å². The van der Waals surface area contributed by atoms with E-state index in [1.807, 2.05) is 17.8 Å². The maximum absolute atomic E-state index is 5.36. The second-order valence-corrected chi connectivity index (χ2v) is 3.97. The summed E-state index contributed by atoms with van der Waals surface area (Å²) >= 11 is 3.45. The lowest BCUT2D eigenvalue weighted by Gasteiger charge is -2.10. The number of halogens is 1. The van der Waals surface area contributed by atoms with Gasteiger partial charge in [-0.1, -0.05) is 0 Å². The van der Waals surface area contributed by atoms with E-state index < -0.39 is 0 Å². The number of hydrogen-bond donors (Lipinski definition) is 0. The van der Waals surface area contributed by atoms with Crippen molar-refractivity contribution in [2.75, 3.05) is 6.61 Å². The van der Waals surface area contributed by atoms with Crippen molar-refractivity contribution in [2.45, 2.75) is 33.4 Å². The first kappa shape index (κ1) is 10.7. The van der Waals surface area contributed by atoms with Gasteiger partial charge in [0.1, 0.15) is 0 Å². The lowest BCUT2D eigenvalue weighted by Crippen LogP contribution is -2.08. The molecule has 4 heteroatoms. The van der Waals surface area contributed by atoms with Crippen LogP contribution in [0, 0.1) is 0 Å². The normalized spacial score (nSPS) is 11.2. The van der Waals surface area contributed by atoms with Crippen LogP contribution in [0.15, 0.2) is 10.7 Å². The fraction of sp³-hybridized carbons (Fsp3) is 0.667. The second-order valence-electron chi connectivity index (χ2n) is 3.11. The molecule has 0 saturated carbocycles. The van der Waals surface area contributed by atoms with Crippen LogP contribution < -0.4 is 0 Å². The van der Waals surface area contributed by atoms with E-state index in [4.69, 9.17) is 4.74 Å². The van der Waals surface area contributed by atoms with Gasteiger partial charge in [-0.05, 0) is 36.7 Å². The Hall–Kier alpha value is -0.350. The molecular weight excluding hydrogens is 232 g/mol. The topological polar surface area (TPSA) is 27.1 Å². The van der Waals surface area contributed by atoms with Crippen LogP contribution >= 0.6 is 15.9 Å². The van der Waals surface area contributed by atoms with Crippen LogP contribution in [0.5, 0.6) is 0 Å². The Kier molecular flexibility index (Phi) is 3.93. The molecular formula is C9H15BrN2O. The van der Waals surface area contributed by atoms with Crippen LogP contribution in [0.1, 0.15) is 32.5 Å². The molecule has 13 heavy (non-hydrogen) atoms. The summed E-state index contributed by atoms with van der Waals surface area (Å²) in [5.41, 5.74) is 1.11. The van der Waals surface area contributed by atoms with Crippen LogP contribution in [0.25, 0.3) is 0 Å². The largest absolute Gasteiger partial charge is 0.375 e. The molecule has 0 fully saturated rings. The number of hydrogen-bond acceptors (Lipinski definition) is 2. The Labute approximate surface area is 87.2 Å². The van der Waals surface area contributed by atoms with Crippen LogP contribution in [-0.2, 0) is 11.3 Å². The van der Waals surface area contributed by atoms with Crippen molar-refractivity contribution >= 4 is 15.9 Å². The molecule has 0 aliphatic heterocycles. The lowest BCUT2D eigenvalue weighted by atomic mass is 10.3. The zero-order valence-corrected chi connectivity index (χ0v) is 9.84. The van der Waals surface area contributed by atoms with E-state index in [0.29, 0.717) is 12.6 Å². The summed E-state index contributed by atoms with van der Waals surface area (Å²) in [6.45, 7) is 7.55. The van der Waals surface area contributed by atoms with Gasteiger partial charge < -0.3 is 4.74 Å². The summed E-state index contributed by atoms with van der Waals surface area (Å²) in [7, 11) is 0. The minimum absolute atomic E-state index is 0.377. The molecule has 3 nitrogen and oxygen atoms in total. The van der Waals surface area contributed by atoms with E-state index >= 15 is 0 Å². The Morgan fingerprint density at radius 2 is 2.31 bits per heavy atom. The van der Waals surface area contributed by atoms with Gasteiger partial charge in [0, 0.05) is 12.6 Å². The van der Waals surface area contributed by atoms with Crippen LogP contribution in [0.4, 0.5) is 0 Å². The predicted octanol–water partition coefficient (Wildman–Crippen LogP) is 2.76. The van der Waals surface area contributed by atoms with Crippen molar-refractivity contribution in [1.29, 1.82) is 0 Å². The van der Waals surface area contributed by atoms with Gasteiger partial charge >= 0.3 is 0 Å². The fourth-order valence-electron chi connectivity index (χ4n) is 1.15. The maximum Gasteiger partial charge on any atom is 0.0896 e. The molecule has 0 bridgehead atoms. The Bertz CT molecular complexity index is 271. The highest BCUT2D eigenvalue weighted by Gasteiger charge is 2.10. The maximum atomic E-state index is 5.36. The molecule has 0 unspecified atom stereocenters. The van der Waals surface area contributed by atoms with Gasteiger partial charge in [-0.25, -0.2) is 0 Å². The molecule has 0 radical (unpaired) electrons. The summed E-state index contributed by atoms with van der Waals surface area (Å²) in [5, 5.41) is 4.26. The summed E-state index contributed by atoms with van der Waals surface area (Å²) in [6.07, 6.45) is 1.81. The van der Waals surface area contributed by atoms with E-state index in [-0.39, 0.29) is 0 Å². The van der Waals surface area contributed by atoms with Crippen LogP contribution in [0.2, 0.25) is 0 Å². The Balaban J connectivity index is 2.82. The quantitative estimate of drug-likeness (QED) is 0.817. The standard InChI is InChI=1S/C9H15BrN2O/c1-4-13-6-9-8(10)5-11-12(9)7(2)3/h5,7H,4,6H2,1-3H3. The number of aromatic nitrogens is 2. The van der Waals surface area contributed by atoms with E-state index in [0.717, 1.165) is 16.8 Å². The molecule has 1 heterocycles. The van der Waals surface area contributed by atoms with Crippen molar-refractivity contribution in [2.24, 2.45) is 0 Å². The average molecular weight is 247 g/mol. The third-order valence-corrected chi connectivity index (χ3v) is 2.44. The summed E-state index contributed by atoms with van der Waals surface area (Å²) < 4.78 is 8.35. The third-order valence-electron chi connectivity index (χ3n) is 1.78. The summed E-state index contributed by atoms with van der Waals surface area (Å²) in [6, 6.07) is 0.377. The first-order chi connectivity index (χ1) is 6.16. The molecule has 0 atom stereocenters. The molecule has 74 valence electrons. The molecule has 0 spiro atoms. The highest BCUT2D eigenvalue weighted by molar-refractivity contribution is 9.10. The molecule has 1 aromatic heterocycles. The molecule has 0 aromatic carbocycles. The van der Waals surface area contributed by atoms with Crippen molar-refractivity contribution in [3.05, 3.63) is 16.4 Å². The fourth-order valence-corrected chi connectivity index (χ4v) is 1.53. The van der Waals surface area contributed by atoms with E-state index in [2.05, 4.69) is 34.9 Å². The Morgan fingerprint density at radius 3 is 2.85 bits per heavy atom. The van der Waals surface area contributed by atoms with E-state index in [1.54, 1.807) is 0 Å². The highest BCUT2D eigenvalue weighted by atomic mass is 79.9. The number of ether oxygens (including phenoxy) is 1. The zero-order chi connectivity index (χ0) is 9.84. The van der Waals surface area contributed by atoms with Crippen molar-refractivity contribution < 1.29 is 4.74 Å². The van der Waals surface area contributed by atoms with Gasteiger partial charge in [-0.2, -0.15) is 5.10 Å². The molecule has 0 amide bonds. The van der Waals surface area contributed by atoms with Crippen molar-refractivity contribution in [3.8, 4) is 0 Å². The SMILES string of the molecule is CCOCc1c(Br)cnn1C(C)C. The van der Waals surface area contributed by atoms with Crippen molar-refractivity contribution in [3.63, 3.8) is 0 Å². The van der Waals surface area contributed by atoms with E-state index in [1.165, 1.54) is 0 Å². The summed E-state index contributed by atoms with van der Waals surface area (Å²) in [5.74, 6) is 0. The van der Waals surface area contributed by atoms with Gasteiger partial charge in [0.15, 0.2) is 0 Å². The number of rotatable bonds is 4. The van der Waals surface area contributed by atoms with Crippen molar-refractivity contribution in [1.82, 2.24) is 9.78 Å².